The number of carbonyl (C=O) groups is 1. The van der Waals surface area contributed by atoms with Crippen LogP contribution in [0.1, 0.15) is 37.3 Å². The molecule has 0 radical (unpaired) electrons. The molecule has 6 heteroatoms. The second kappa shape index (κ2) is 13.5. The summed E-state index contributed by atoms with van der Waals surface area (Å²) in [5.41, 5.74) is -1.54. The Morgan fingerprint density at radius 1 is 0.931 bits per heavy atom. The molecule has 2 rings (SSSR count). The fourth-order valence-electron chi connectivity index (χ4n) is 2.93. The first-order valence-corrected chi connectivity index (χ1v) is 9.75. The zero-order valence-corrected chi connectivity index (χ0v) is 19.1. The molecule has 0 saturated heterocycles. The molecule has 2 N–H and O–H groups in total. The first-order valence-electron chi connectivity index (χ1n) is 9.75. The van der Waals surface area contributed by atoms with E-state index in [0.29, 0.717) is 6.61 Å². The van der Waals surface area contributed by atoms with E-state index in [2.05, 4.69) is 21.0 Å². The molecule has 0 aliphatic carbocycles. The van der Waals surface area contributed by atoms with Crippen molar-refractivity contribution in [2.75, 3.05) is 33.8 Å². The van der Waals surface area contributed by atoms with Crippen LogP contribution < -0.4 is 22.1 Å². The fourth-order valence-corrected chi connectivity index (χ4v) is 2.93. The number of aliphatic hydroxyl groups is 2. The van der Waals surface area contributed by atoms with Gasteiger partial charge in [-0.05, 0) is 24.0 Å². The molecule has 0 aromatic heterocycles. The van der Waals surface area contributed by atoms with Gasteiger partial charge in [-0.25, -0.2) is 0 Å². The summed E-state index contributed by atoms with van der Waals surface area (Å²) in [6.45, 7) is 4.59. The summed E-state index contributed by atoms with van der Waals surface area (Å²) in [4.78, 5) is 11.3. The number of carboxylic acid groups (broad SMARTS) is 1. The number of unbranched alkanes of at least 4 members (excludes halogenated alkanes) is 2. The minimum atomic E-state index is -2.11. The smallest absolute Gasteiger partial charge is 0.154 e. The zero-order chi connectivity index (χ0) is 21.0. The summed E-state index contributed by atoms with van der Waals surface area (Å²) in [5, 5.41) is 30.4. The van der Waals surface area contributed by atoms with E-state index >= 15 is 0 Å². The number of nitrogens with zero attached hydrogens (tertiary/aromatic N) is 1. The molecule has 0 unspecified atom stereocenters. The Bertz CT molecular complexity index is 653. The molecular weight excluding hydrogens is 434 g/mol. The minimum Gasteiger partial charge on any atom is -1.00 e. The lowest BCUT2D eigenvalue weighted by atomic mass is 9.86. The number of likely N-dealkylation sites (N-methyl/N-ethyl adjacent to an activating group) is 1. The third kappa shape index (κ3) is 8.66. The molecule has 0 aliphatic heterocycles. The number of quaternary nitrogens is 1. The Morgan fingerprint density at radius 3 is 1.72 bits per heavy atom. The van der Waals surface area contributed by atoms with Crippen LogP contribution in [0.2, 0.25) is 0 Å². The van der Waals surface area contributed by atoms with Crippen LogP contribution in [-0.4, -0.2) is 54.5 Å². The molecule has 0 aliphatic rings. The largest absolute Gasteiger partial charge is 1.00 e. The second-order valence-corrected chi connectivity index (χ2v) is 7.54. The third-order valence-electron chi connectivity index (χ3n) is 4.75. The lowest BCUT2D eigenvalue weighted by Gasteiger charge is -2.30. The van der Waals surface area contributed by atoms with Gasteiger partial charge in [-0.3, -0.25) is 0 Å². The van der Waals surface area contributed by atoms with E-state index in [4.69, 9.17) is 5.11 Å². The Hall–Kier alpha value is -1.73. The number of carboxylic acids is 1. The quantitative estimate of drug-likeness (QED) is 0.364. The van der Waals surface area contributed by atoms with Crippen molar-refractivity contribution in [3.8, 4) is 0 Å². The highest BCUT2D eigenvalue weighted by Gasteiger charge is 2.32. The van der Waals surface area contributed by atoms with Crippen molar-refractivity contribution in [1.29, 1.82) is 0 Å². The van der Waals surface area contributed by atoms with Gasteiger partial charge in [-0.2, -0.15) is 0 Å². The van der Waals surface area contributed by atoms with Crippen LogP contribution in [0.25, 0.3) is 0 Å². The summed E-state index contributed by atoms with van der Waals surface area (Å²) >= 11 is 0. The van der Waals surface area contributed by atoms with Gasteiger partial charge in [-0.15, -0.1) is 0 Å². The average Bonchev–Trinajstić information content (AvgIpc) is 2.69. The maximum Gasteiger partial charge on any atom is 0.154 e. The molecule has 162 valence electrons. The standard InChI is InChI=1S/C14H12O3.C9H22NO.BrH/c15-13(16)14(17,11-7-3-1-4-8-11)12-9-5-2-6-10-12;1-4-5-6-7-10(2,3)8-9-11;/h1-10,17H,(H,15,16);11H,4-9H2,1-3H3;1H/q;+1;/p-2. The van der Waals surface area contributed by atoms with Crippen LogP contribution >= 0.6 is 0 Å². The highest BCUT2D eigenvalue weighted by atomic mass is 79.9. The molecule has 2 aromatic carbocycles. The van der Waals surface area contributed by atoms with Crippen LogP contribution in [0, 0.1) is 0 Å². The first kappa shape index (κ1) is 27.3. The van der Waals surface area contributed by atoms with Crippen molar-refractivity contribution in [3.05, 3.63) is 71.8 Å². The van der Waals surface area contributed by atoms with E-state index in [1.54, 1.807) is 60.7 Å². The molecule has 0 saturated carbocycles. The summed E-state index contributed by atoms with van der Waals surface area (Å²) in [7, 11) is 4.34. The molecule has 5 nitrogen and oxygen atoms in total. The molecule has 29 heavy (non-hydrogen) atoms. The van der Waals surface area contributed by atoms with Gasteiger partial charge in [0.1, 0.15) is 6.54 Å². The molecular formula is C23H33BrNO4-. The number of rotatable bonds is 9. The average molecular weight is 467 g/mol. The van der Waals surface area contributed by atoms with E-state index in [1.807, 2.05) is 0 Å². The Labute approximate surface area is 185 Å². The van der Waals surface area contributed by atoms with Crippen LogP contribution in [0.15, 0.2) is 60.7 Å². The van der Waals surface area contributed by atoms with Crippen molar-refractivity contribution in [2.45, 2.75) is 31.8 Å². The minimum absolute atomic E-state index is 0. The van der Waals surface area contributed by atoms with E-state index < -0.39 is 11.6 Å². The van der Waals surface area contributed by atoms with Crippen molar-refractivity contribution in [2.24, 2.45) is 0 Å². The van der Waals surface area contributed by atoms with Gasteiger partial charge in [0.2, 0.25) is 0 Å². The summed E-state index contributed by atoms with van der Waals surface area (Å²) in [5.74, 6) is -1.53. The maximum absolute atomic E-state index is 11.3. The lowest BCUT2D eigenvalue weighted by molar-refractivity contribution is -0.890. The van der Waals surface area contributed by atoms with E-state index in [-0.39, 0.29) is 28.1 Å². The van der Waals surface area contributed by atoms with Crippen LogP contribution in [0.4, 0.5) is 0 Å². The monoisotopic (exact) mass is 466 g/mol. The number of carbonyl (C=O) groups excluding carboxylic acids is 1. The number of aliphatic carboxylic acids is 1. The van der Waals surface area contributed by atoms with Gasteiger partial charge in [0.05, 0.1) is 33.2 Å². The SMILES string of the molecule is CCCCC[N+](C)(C)CCO.O=C([O-])C(O)(c1ccccc1)c1ccccc1.[Br-]. The molecule has 0 atom stereocenters. The molecule has 0 bridgehead atoms. The topological polar surface area (TPSA) is 80.6 Å². The normalized spacial score (nSPS) is 11.1. The van der Waals surface area contributed by atoms with E-state index in [1.165, 1.54) is 25.8 Å². The molecule has 0 spiro atoms. The van der Waals surface area contributed by atoms with E-state index in [0.717, 1.165) is 11.0 Å². The van der Waals surface area contributed by atoms with Crippen molar-refractivity contribution < 1.29 is 41.6 Å². The molecule has 2 aromatic rings. The van der Waals surface area contributed by atoms with E-state index in [9.17, 15) is 15.0 Å². The molecule has 0 amide bonds. The predicted octanol–water partition coefficient (Wildman–Crippen LogP) is -1.08. The van der Waals surface area contributed by atoms with Gasteiger partial charge in [0.15, 0.2) is 5.60 Å². The Balaban J connectivity index is 0.000000576. The van der Waals surface area contributed by atoms with Gasteiger partial charge in [0.25, 0.3) is 0 Å². The lowest BCUT2D eigenvalue weighted by Crippen LogP contribution is -3.00. The number of halogens is 1. The molecule has 0 fully saturated rings. The van der Waals surface area contributed by atoms with Crippen LogP contribution in [-0.2, 0) is 10.4 Å². The number of aliphatic hydroxyl groups excluding tert-OH is 1. The fraction of sp³-hybridized carbons (Fsp3) is 0.435. The number of hydrogen-bond acceptors (Lipinski definition) is 4. The highest BCUT2D eigenvalue weighted by molar-refractivity contribution is 5.81. The van der Waals surface area contributed by atoms with Gasteiger partial charge < -0.3 is 41.6 Å². The van der Waals surface area contributed by atoms with Crippen LogP contribution in [0.3, 0.4) is 0 Å². The number of hydrogen-bond donors (Lipinski definition) is 2. The Morgan fingerprint density at radius 2 is 1.38 bits per heavy atom. The Kier molecular flexibility index (Phi) is 12.7. The van der Waals surface area contributed by atoms with Crippen LogP contribution in [0.5, 0.6) is 0 Å². The highest BCUT2D eigenvalue weighted by Crippen LogP contribution is 2.28. The summed E-state index contributed by atoms with van der Waals surface area (Å²) < 4.78 is 0.955. The maximum atomic E-state index is 11.3. The van der Waals surface area contributed by atoms with Gasteiger partial charge in [-0.1, -0.05) is 74.0 Å². The summed E-state index contributed by atoms with van der Waals surface area (Å²) in [6, 6.07) is 16.4. The second-order valence-electron chi connectivity index (χ2n) is 7.54. The van der Waals surface area contributed by atoms with Crippen molar-refractivity contribution in [1.82, 2.24) is 0 Å². The predicted molar refractivity (Wildman–Crippen MR) is 109 cm³/mol. The molecule has 0 heterocycles. The first-order chi connectivity index (χ1) is 13.3. The number of benzene rings is 2. The summed E-state index contributed by atoms with van der Waals surface area (Å²) in [6.07, 6.45) is 3.87. The van der Waals surface area contributed by atoms with Gasteiger partial charge >= 0.3 is 0 Å². The van der Waals surface area contributed by atoms with Crippen molar-refractivity contribution in [3.63, 3.8) is 0 Å². The zero-order valence-electron chi connectivity index (χ0n) is 17.6. The van der Waals surface area contributed by atoms with Crippen molar-refractivity contribution >= 4 is 5.97 Å². The third-order valence-corrected chi connectivity index (χ3v) is 4.75. The van der Waals surface area contributed by atoms with Gasteiger partial charge in [0, 0.05) is 0 Å².